The van der Waals surface area contributed by atoms with E-state index in [0.29, 0.717) is 34.0 Å². The molecule has 3 atom stereocenters. The number of nitrogens with one attached hydrogen (secondary N) is 1. The topological polar surface area (TPSA) is 80.5 Å². The van der Waals surface area contributed by atoms with Gasteiger partial charge >= 0.3 is 0 Å². The Morgan fingerprint density at radius 3 is 2.79 bits per heavy atom. The molecular weight excluding hydrogens is 419 g/mol. The Morgan fingerprint density at radius 2 is 2.06 bits per heavy atom. The second kappa shape index (κ2) is 8.72. The average Bonchev–Trinajstić information content (AvgIpc) is 3.27. The first kappa shape index (κ1) is 18.4. The van der Waals surface area contributed by atoms with E-state index in [-0.39, 0.29) is 11.5 Å². The molecule has 2 fully saturated rings. The smallest absolute Gasteiger partial charge is 0.179 e. The number of pyridine rings is 1. The Hall–Kier alpha value is -3.03. The van der Waals surface area contributed by atoms with E-state index in [1.54, 1.807) is 19.1 Å². The van der Waals surface area contributed by atoms with Gasteiger partial charge in [-0.3, -0.25) is 4.79 Å². The number of piperidine rings is 1. The van der Waals surface area contributed by atoms with Gasteiger partial charge in [-0.15, -0.1) is 0 Å². The summed E-state index contributed by atoms with van der Waals surface area (Å²) in [5.41, 5.74) is 8.95. The highest BCUT2D eigenvalue weighted by Gasteiger charge is 2.35. The zero-order valence-electron chi connectivity index (χ0n) is 21.5. The van der Waals surface area contributed by atoms with Crippen molar-refractivity contribution in [3.8, 4) is 17.0 Å². The predicted molar refractivity (Wildman–Crippen MR) is 128 cm³/mol. The molecule has 2 aliphatic heterocycles. The monoisotopic (exact) mass is 451 g/mol. The summed E-state index contributed by atoms with van der Waals surface area (Å²) in [4.78, 5) is 19.3. The maximum absolute atomic E-state index is 14.9. The van der Waals surface area contributed by atoms with Crippen LogP contribution in [0.1, 0.15) is 27.8 Å². The highest BCUT2D eigenvalue weighted by Crippen LogP contribution is 2.38. The minimum absolute atomic E-state index is 0.149. The molecular formula is C26H29FN4O2. The number of Topliss-reactive ketones (excluding diaryl/α,β-unsaturated/α-hetero) is 1. The fourth-order valence-corrected chi connectivity index (χ4v) is 5.03. The summed E-state index contributed by atoms with van der Waals surface area (Å²) in [6, 6.07) is 11.1. The first-order valence-electron chi connectivity index (χ1n) is 12.8. The Labute approximate surface area is 197 Å². The molecule has 3 aromatic rings. The molecule has 0 aliphatic carbocycles. The third kappa shape index (κ3) is 4.07. The molecule has 5 rings (SSSR count). The standard InChI is InChI=1S/C26H29FN4O2/c1-15(28)26(32)17-5-3-16(4-6-17)22-10-24(31-13-18-7-8-29-12-19(18)14-31)20-9-21(27)25(33-2)11-23(20)30-22/h3-6,9-11,15,18-19,29H,7-8,12-14,28H2,1-2H3/i2D3. The molecule has 0 amide bonds. The largest absolute Gasteiger partial charge is 0.494 e. The van der Waals surface area contributed by atoms with Gasteiger partial charge in [-0.25, -0.2) is 9.37 Å². The summed E-state index contributed by atoms with van der Waals surface area (Å²) in [7, 11) is -2.78. The number of methoxy groups -OCH3 is 1. The summed E-state index contributed by atoms with van der Waals surface area (Å²) >= 11 is 0. The number of carbonyl (C=O) groups excluding carboxylic acids is 1. The number of hydrogen-bond acceptors (Lipinski definition) is 6. The normalized spacial score (nSPS) is 22.9. The van der Waals surface area contributed by atoms with Crippen LogP contribution in [0.5, 0.6) is 5.75 Å². The number of rotatable bonds is 5. The SMILES string of the molecule is [2H]C([2H])([2H])Oc1cc2nc(-c3ccc(C(=O)C(C)N)cc3)cc(N3CC4CCNCC4C3)c2cc1F. The van der Waals surface area contributed by atoms with Crippen molar-refractivity contribution < 1.29 is 18.0 Å². The molecule has 3 unspecified atom stereocenters. The Bertz CT molecular complexity index is 1280. The van der Waals surface area contributed by atoms with E-state index in [1.165, 1.54) is 12.1 Å². The number of fused-ring (bicyclic) bond motifs is 2. The number of hydrogen-bond donors (Lipinski definition) is 2. The van der Waals surface area contributed by atoms with Gasteiger partial charge in [0.05, 0.1) is 28.4 Å². The van der Waals surface area contributed by atoms with Crippen LogP contribution in [-0.4, -0.2) is 50.0 Å². The first-order valence-corrected chi connectivity index (χ1v) is 11.3. The third-order valence-electron chi connectivity index (χ3n) is 6.84. The van der Waals surface area contributed by atoms with Crippen molar-refractivity contribution in [3.63, 3.8) is 0 Å². The van der Waals surface area contributed by atoms with Crippen molar-refractivity contribution in [1.29, 1.82) is 0 Å². The maximum atomic E-state index is 14.9. The van der Waals surface area contributed by atoms with E-state index in [9.17, 15) is 9.18 Å². The van der Waals surface area contributed by atoms with Gasteiger partial charge < -0.3 is 20.7 Å². The van der Waals surface area contributed by atoms with Crippen LogP contribution >= 0.6 is 0 Å². The summed E-state index contributed by atoms with van der Waals surface area (Å²) in [5, 5.41) is 4.06. The molecule has 33 heavy (non-hydrogen) atoms. The van der Waals surface area contributed by atoms with Crippen LogP contribution in [0.15, 0.2) is 42.5 Å². The van der Waals surface area contributed by atoms with Crippen LogP contribution in [0.25, 0.3) is 22.2 Å². The lowest BCUT2D eigenvalue weighted by atomic mass is 9.90. The van der Waals surface area contributed by atoms with Gasteiger partial charge in [-0.05, 0) is 50.4 Å². The van der Waals surface area contributed by atoms with Crippen LogP contribution < -0.4 is 20.7 Å². The lowest BCUT2D eigenvalue weighted by Crippen LogP contribution is -2.35. The number of ketones is 1. The van der Waals surface area contributed by atoms with E-state index in [0.717, 1.165) is 43.9 Å². The van der Waals surface area contributed by atoms with Gasteiger partial charge in [0.25, 0.3) is 0 Å². The number of aromatic nitrogens is 1. The Morgan fingerprint density at radius 1 is 1.27 bits per heavy atom. The minimum atomic E-state index is -2.78. The summed E-state index contributed by atoms with van der Waals surface area (Å²) < 4.78 is 42.0. The molecule has 1 aromatic heterocycles. The molecule has 0 radical (unpaired) electrons. The molecule has 7 heteroatoms. The first-order chi connectivity index (χ1) is 17.1. The van der Waals surface area contributed by atoms with Crippen LogP contribution in [-0.2, 0) is 0 Å². The van der Waals surface area contributed by atoms with E-state index in [4.69, 9.17) is 19.6 Å². The highest BCUT2D eigenvalue weighted by molar-refractivity contribution is 6.00. The van der Waals surface area contributed by atoms with Crippen LogP contribution in [0, 0.1) is 17.7 Å². The Kier molecular flexibility index (Phi) is 4.86. The lowest BCUT2D eigenvalue weighted by Gasteiger charge is -2.23. The molecule has 6 nitrogen and oxygen atoms in total. The van der Waals surface area contributed by atoms with Gasteiger partial charge in [0.1, 0.15) is 0 Å². The molecule has 0 bridgehead atoms. The summed E-state index contributed by atoms with van der Waals surface area (Å²) in [6.45, 7) is 5.30. The van der Waals surface area contributed by atoms with Gasteiger partial charge in [0.2, 0.25) is 0 Å². The Balaban J connectivity index is 1.60. The fourth-order valence-electron chi connectivity index (χ4n) is 5.03. The van der Waals surface area contributed by atoms with Crippen molar-refractivity contribution in [1.82, 2.24) is 10.3 Å². The molecule has 2 aromatic carbocycles. The number of benzene rings is 2. The van der Waals surface area contributed by atoms with E-state index in [2.05, 4.69) is 10.2 Å². The quantitative estimate of drug-likeness (QED) is 0.577. The van der Waals surface area contributed by atoms with Crippen molar-refractivity contribution in [2.75, 3.05) is 38.1 Å². The molecule has 3 heterocycles. The van der Waals surface area contributed by atoms with Gasteiger partial charge in [-0.2, -0.15) is 0 Å². The van der Waals surface area contributed by atoms with Crippen LogP contribution in [0.2, 0.25) is 0 Å². The minimum Gasteiger partial charge on any atom is -0.494 e. The van der Waals surface area contributed by atoms with Crippen molar-refractivity contribution >= 4 is 22.4 Å². The molecule has 2 saturated heterocycles. The van der Waals surface area contributed by atoms with Crippen molar-refractivity contribution in [3.05, 3.63) is 53.8 Å². The van der Waals surface area contributed by atoms with Crippen LogP contribution in [0.4, 0.5) is 10.1 Å². The summed E-state index contributed by atoms with van der Waals surface area (Å²) in [5.74, 6) is -0.188. The maximum Gasteiger partial charge on any atom is 0.179 e. The number of ether oxygens (including phenoxy) is 1. The average molecular weight is 452 g/mol. The van der Waals surface area contributed by atoms with Crippen molar-refractivity contribution in [2.24, 2.45) is 17.6 Å². The predicted octanol–water partition coefficient (Wildman–Crippen LogP) is 3.63. The second-order valence-electron chi connectivity index (χ2n) is 9.08. The zero-order valence-corrected chi connectivity index (χ0v) is 18.5. The molecule has 0 saturated carbocycles. The van der Waals surface area contributed by atoms with E-state index in [1.807, 2.05) is 18.2 Å². The number of halogens is 1. The van der Waals surface area contributed by atoms with Crippen LogP contribution in [0.3, 0.4) is 0 Å². The summed E-state index contributed by atoms with van der Waals surface area (Å²) in [6.07, 6.45) is 1.09. The van der Waals surface area contributed by atoms with Gasteiger partial charge in [0, 0.05) is 41.4 Å². The fraction of sp³-hybridized carbons (Fsp3) is 0.385. The molecule has 3 N–H and O–H groups in total. The number of carbonyl (C=O) groups is 1. The molecule has 0 spiro atoms. The number of anilines is 1. The highest BCUT2D eigenvalue weighted by atomic mass is 19.1. The molecule has 2 aliphatic rings. The zero-order chi connectivity index (χ0) is 25.6. The number of nitrogens with zero attached hydrogens (tertiary/aromatic N) is 2. The molecule has 172 valence electrons. The van der Waals surface area contributed by atoms with E-state index < -0.39 is 18.9 Å². The lowest BCUT2D eigenvalue weighted by molar-refractivity contribution is 0.0968. The third-order valence-corrected chi connectivity index (χ3v) is 6.84. The number of nitrogens with two attached hydrogens (primary N) is 1. The van der Waals surface area contributed by atoms with Crippen molar-refractivity contribution in [2.45, 2.75) is 19.4 Å². The van der Waals surface area contributed by atoms with Gasteiger partial charge in [-0.1, -0.05) is 24.3 Å². The second-order valence-corrected chi connectivity index (χ2v) is 9.08. The van der Waals surface area contributed by atoms with Gasteiger partial charge in [0.15, 0.2) is 17.3 Å². The van der Waals surface area contributed by atoms with E-state index >= 15 is 0 Å².